The molecular weight excluding hydrogens is 386 g/mol. The van der Waals surface area contributed by atoms with Crippen molar-refractivity contribution in [1.82, 2.24) is 4.98 Å². The zero-order valence-electron chi connectivity index (χ0n) is 13.7. The fraction of sp³-hybridized carbons (Fsp3) is 0.167. The maximum absolute atomic E-state index is 11.9. The van der Waals surface area contributed by atoms with Crippen molar-refractivity contribution in [3.63, 3.8) is 0 Å². The minimum absolute atomic E-state index is 0.141. The minimum atomic E-state index is -0.538. The molecule has 0 aliphatic carbocycles. The Morgan fingerprint density at radius 2 is 2.04 bits per heavy atom. The SMILES string of the molecule is Cc1cc(Br)c2[nH]c(O)c(N=NC(=O)COc3ccccc3C)c2c1. The molecule has 1 heterocycles. The van der Waals surface area contributed by atoms with E-state index in [0.29, 0.717) is 16.7 Å². The predicted molar refractivity (Wildman–Crippen MR) is 98.6 cm³/mol. The fourth-order valence-electron chi connectivity index (χ4n) is 2.45. The van der Waals surface area contributed by atoms with E-state index in [1.807, 2.05) is 44.2 Å². The van der Waals surface area contributed by atoms with Crippen LogP contribution in [-0.4, -0.2) is 22.6 Å². The Morgan fingerprint density at radius 3 is 2.80 bits per heavy atom. The molecule has 0 saturated carbocycles. The van der Waals surface area contributed by atoms with Crippen LogP contribution in [0.3, 0.4) is 0 Å². The summed E-state index contributed by atoms with van der Waals surface area (Å²) >= 11 is 3.43. The number of aryl methyl sites for hydroxylation is 2. The first kappa shape index (κ1) is 17.2. The minimum Gasteiger partial charge on any atom is -0.493 e. The number of carbonyl (C=O) groups is 1. The van der Waals surface area contributed by atoms with Crippen LogP contribution in [0.2, 0.25) is 0 Å². The second kappa shape index (κ2) is 7.06. The summed E-state index contributed by atoms with van der Waals surface area (Å²) in [6.45, 7) is 3.60. The Kier molecular flexibility index (Phi) is 4.85. The van der Waals surface area contributed by atoms with Crippen molar-refractivity contribution in [2.45, 2.75) is 13.8 Å². The highest BCUT2D eigenvalue weighted by Crippen LogP contribution is 2.39. The van der Waals surface area contributed by atoms with Crippen LogP contribution in [0, 0.1) is 13.8 Å². The molecule has 0 unspecified atom stereocenters. The van der Waals surface area contributed by atoms with Crippen molar-refractivity contribution in [3.05, 3.63) is 52.0 Å². The Morgan fingerprint density at radius 1 is 1.28 bits per heavy atom. The Bertz CT molecular complexity index is 979. The van der Waals surface area contributed by atoms with Gasteiger partial charge in [-0.3, -0.25) is 4.79 Å². The summed E-state index contributed by atoms with van der Waals surface area (Å²) in [5.41, 5.74) is 2.84. The topological polar surface area (TPSA) is 87.0 Å². The number of para-hydroxylation sites is 1. The van der Waals surface area contributed by atoms with Crippen molar-refractivity contribution in [2.75, 3.05) is 6.61 Å². The van der Waals surface area contributed by atoms with Crippen molar-refractivity contribution in [2.24, 2.45) is 10.2 Å². The van der Waals surface area contributed by atoms with Crippen LogP contribution >= 0.6 is 15.9 Å². The lowest BCUT2D eigenvalue weighted by molar-refractivity contribution is -0.120. The second-order valence-corrected chi connectivity index (χ2v) is 6.49. The average Bonchev–Trinajstić information content (AvgIpc) is 2.88. The lowest BCUT2D eigenvalue weighted by atomic mass is 10.1. The number of fused-ring (bicyclic) bond motifs is 1. The first-order valence-corrected chi connectivity index (χ1v) is 8.39. The maximum atomic E-state index is 11.9. The van der Waals surface area contributed by atoms with Gasteiger partial charge in [-0.2, -0.15) is 0 Å². The van der Waals surface area contributed by atoms with Gasteiger partial charge in [-0.1, -0.05) is 18.2 Å². The molecule has 6 nitrogen and oxygen atoms in total. The number of nitrogens with one attached hydrogen (secondary N) is 1. The Labute approximate surface area is 152 Å². The molecule has 3 rings (SSSR count). The molecule has 128 valence electrons. The molecule has 0 radical (unpaired) electrons. The highest BCUT2D eigenvalue weighted by molar-refractivity contribution is 9.10. The van der Waals surface area contributed by atoms with Gasteiger partial charge < -0.3 is 14.8 Å². The molecule has 2 N–H and O–H groups in total. The maximum Gasteiger partial charge on any atom is 0.302 e. The van der Waals surface area contributed by atoms with Gasteiger partial charge in [0.05, 0.1) is 5.52 Å². The van der Waals surface area contributed by atoms with Crippen molar-refractivity contribution >= 4 is 38.4 Å². The third kappa shape index (κ3) is 3.71. The Hall–Kier alpha value is -2.67. The summed E-state index contributed by atoms with van der Waals surface area (Å²) in [5.74, 6) is -0.0538. The van der Waals surface area contributed by atoms with Gasteiger partial charge in [-0.15, -0.1) is 10.2 Å². The van der Waals surface area contributed by atoms with Gasteiger partial charge in [-0.05, 0) is 59.1 Å². The molecule has 0 aliphatic heterocycles. The lowest BCUT2D eigenvalue weighted by Crippen LogP contribution is -2.08. The number of halogens is 1. The average molecular weight is 402 g/mol. The smallest absolute Gasteiger partial charge is 0.302 e. The number of hydrogen-bond donors (Lipinski definition) is 2. The van der Waals surface area contributed by atoms with Gasteiger partial charge in [0.15, 0.2) is 12.3 Å². The number of hydrogen-bond acceptors (Lipinski definition) is 4. The lowest BCUT2D eigenvalue weighted by Gasteiger charge is -2.05. The van der Waals surface area contributed by atoms with Crippen LogP contribution in [0.25, 0.3) is 10.9 Å². The van der Waals surface area contributed by atoms with Crippen LogP contribution < -0.4 is 4.74 Å². The number of aromatic amines is 1. The molecule has 25 heavy (non-hydrogen) atoms. The van der Waals surface area contributed by atoms with E-state index >= 15 is 0 Å². The van der Waals surface area contributed by atoms with Gasteiger partial charge in [-0.25, -0.2) is 0 Å². The monoisotopic (exact) mass is 401 g/mol. The van der Waals surface area contributed by atoms with Gasteiger partial charge in [0, 0.05) is 9.86 Å². The number of nitrogens with zero attached hydrogens (tertiary/aromatic N) is 2. The van der Waals surface area contributed by atoms with E-state index in [1.54, 1.807) is 6.07 Å². The van der Waals surface area contributed by atoms with Gasteiger partial charge in [0.2, 0.25) is 5.88 Å². The van der Waals surface area contributed by atoms with Crippen molar-refractivity contribution in [1.29, 1.82) is 0 Å². The van der Waals surface area contributed by atoms with E-state index in [9.17, 15) is 9.90 Å². The quantitative estimate of drug-likeness (QED) is 0.606. The molecule has 0 spiro atoms. The summed E-state index contributed by atoms with van der Waals surface area (Å²) < 4.78 is 6.24. The standard InChI is InChI=1S/C18H16BrN3O3/c1-10-7-12-16(13(19)8-10)20-18(24)17(12)22-21-15(23)9-25-14-6-4-3-5-11(14)2/h3-8,20,24H,9H2,1-2H3. The van der Waals surface area contributed by atoms with E-state index in [-0.39, 0.29) is 18.2 Å². The zero-order chi connectivity index (χ0) is 18.0. The van der Waals surface area contributed by atoms with Crippen LogP contribution in [-0.2, 0) is 4.79 Å². The molecule has 1 amide bonds. The Balaban J connectivity index is 1.78. The number of rotatable bonds is 4. The third-order valence-electron chi connectivity index (χ3n) is 3.66. The van der Waals surface area contributed by atoms with E-state index in [2.05, 4.69) is 31.1 Å². The molecule has 2 aromatic carbocycles. The molecule has 7 heteroatoms. The summed E-state index contributed by atoms with van der Waals surface area (Å²) in [6.07, 6.45) is 0. The van der Waals surface area contributed by atoms with E-state index in [0.717, 1.165) is 15.6 Å². The van der Waals surface area contributed by atoms with Crippen LogP contribution in [0.5, 0.6) is 11.6 Å². The molecule has 3 aromatic rings. The predicted octanol–water partition coefficient (Wildman–Crippen LogP) is 4.94. The number of aromatic nitrogens is 1. The molecule has 0 atom stereocenters. The van der Waals surface area contributed by atoms with Crippen molar-refractivity contribution in [3.8, 4) is 11.6 Å². The summed E-state index contributed by atoms with van der Waals surface area (Å²) in [5, 5.41) is 18.3. The molecule has 0 bridgehead atoms. The largest absolute Gasteiger partial charge is 0.493 e. The number of ether oxygens (including phenoxy) is 1. The summed E-state index contributed by atoms with van der Waals surface area (Å²) in [7, 11) is 0. The normalized spacial score (nSPS) is 11.3. The summed E-state index contributed by atoms with van der Waals surface area (Å²) in [6, 6.07) is 11.2. The molecule has 0 saturated heterocycles. The number of H-pyrrole nitrogens is 1. The first-order valence-electron chi connectivity index (χ1n) is 7.59. The van der Waals surface area contributed by atoms with Gasteiger partial charge in [0.25, 0.3) is 0 Å². The van der Waals surface area contributed by atoms with Crippen LogP contribution in [0.15, 0.2) is 51.1 Å². The number of azo groups is 1. The van der Waals surface area contributed by atoms with Crippen LogP contribution in [0.1, 0.15) is 11.1 Å². The van der Waals surface area contributed by atoms with Gasteiger partial charge >= 0.3 is 5.91 Å². The first-order chi connectivity index (χ1) is 12.0. The number of benzene rings is 2. The molecule has 0 fully saturated rings. The van der Waals surface area contributed by atoms with E-state index in [4.69, 9.17) is 4.74 Å². The molecule has 0 aliphatic rings. The molecular formula is C18H16BrN3O3. The van der Waals surface area contributed by atoms with Gasteiger partial charge in [0.1, 0.15) is 5.75 Å². The number of aromatic hydroxyl groups is 1. The molecule has 1 aromatic heterocycles. The number of carbonyl (C=O) groups excluding carboxylic acids is 1. The van der Waals surface area contributed by atoms with Crippen molar-refractivity contribution < 1.29 is 14.6 Å². The zero-order valence-corrected chi connectivity index (χ0v) is 15.3. The summed E-state index contributed by atoms with van der Waals surface area (Å²) in [4.78, 5) is 14.7. The highest BCUT2D eigenvalue weighted by atomic mass is 79.9. The fourth-order valence-corrected chi connectivity index (χ4v) is 3.13. The van der Waals surface area contributed by atoms with E-state index in [1.165, 1.54) is 0 Å². The second-order valence-electron chi connectivity index (χ2n) is 5.64. The highest BCUT2D eigenvalue weighted by Gasteiger charge is 2.14. The number of amides is 1. The van der Waals surface area contributed by atoms with Crippen LogP contribution in [0.4, 0.5) is 5.69 Å². The third-order valence-corrected chi connectivity index (χ3v) is 4.29. The van der Waals surface area contributed by atoms with E-state index < -0.39 is 5.91 Å².